The molecule has 0 aliphatic heterocycles. The molecule has 0 saturated heterocycles. The Morgan fingerprint density at radius 3 is 2.38 bits per heavy atom. The number of pyridine rings is 1. The molecule has 0 bridgehead atoms. The predicted octanol–water partition coefficient (Wildman–Crippen LogP) is 2.45. The molecule has 0 unspecified atom stereocenters. The van der Waals surface area contributed by atoms with Crippen LogP contribution in [0, 0.1) is 5.41 Å². The summed E-state index contributed by atoms with van der Waals surface area (Å²) in [6, 6.07) is 13.2. The van der Waals surface area contributed by atoms with Crippen molar-refractivity contribution in [2.75, 3.05) is 0 Å². The third kappa shape index (κ3) is 2.38. The van der Waals surface area contributed by atoms with E-state index in [0.717, 1.165) is 16.8 Å². The fourth-order valence-electron chi connectivity index (χ4n) is 1.46. The molecule has 0 aliphatic rings. The lowest BCUT2D eigenvalue weighted by Gasteiger charge is -2.06. The Hall–Kier alpha value is -1.87. The van der Waals surface area contributed by atoms with Crippen LogP contribution in [0.4, 0.5) is 0 Å². The fraction of sp³-hybridized carbons (Fsp3) is 0. The van der Waals surface area contributed by atoms with E-state index in [9.17, 15) is 0 Å². The van der Waals surface area contributed by atoms with Crippen LogP contribution in [0.1, 0.15) is 5.56 Å². The molecular weight excluding hydrogens is 222 g/mol. The SMILES string of the molecule is Cl.N=C(N)c1ccccc1-c1ccccn1. The number of nitrogens with one attached hydrogen (secondary N) is 1. The van der Waals surface area contributed by atoms with Gasteiger partial charge in [0.1, 0.15) is 5.84 Å². The third-order valence-corrected chi connectivity index (χ3v) is 2.16. The predicted molar refractivity (Wildman–Crippen MR) is 67.9 cm³/mol. The molecular formula is C12H12ClN3. The van der Waals surface area contributed by atoms with Gasteiger partial charge in [-0.1, -0.05) is 30.3 Å². The number of benzene rings is 1. The van der Waals surface area contributed by atoms with Gasteiger partial charge in [0, 0.05) is 17.3 Å². The average Bonchev–Trinajstić information content (AvgIpc) is 2.30. The summed E-state index contributed by atoms with van der Waals surface area (Å²) in [5.41, 5.74) is 7.96. The standard InChI is InChI=1S/C12H11N3.ClH/c13-12(14)10-6-2-1-5-9(10)11-7-3-4-8-15-11;/h1-8H,(H3,13,14);1H. The third-order valence-electron chi connectivity index (χ3n) is 2.16. The van der Waals surface area contributed by atoms with Crippen molar-refractivity contribution in [1.29, 1.82) is 5.41 Å². The monoisotopic (exact) mass is 233 g/mol. The van der Waals surface area contributed by atoms with Gasteiger partial charge in [0.15, 0.2) is 0 Å². The highest BCUT2D eigenvalue weighted by Gasteiger charge is 2.06. The first-order valence-corrected chi connectivity index (χ1v) is 4.64. The molecule has 0 amide bonds. The molecule has 82 valence electrons. The van der Waals surface area contributed by atoms with E-state index in [1.807, 2.05) is 42.5 Å². The first kappa shape index (κ1) is 12.2. The van der Waals surface area contributed by atoms with E-state index >= 15 is 0 Å². The molecule has 3 N–H and O–H groups in total. The Morgan fingerprint density at radius 2 is 1.75 bits per heavy atom. The molecule has 2 aromatic rings. The number of hydrogen-bond acceptors (Lipinski definition) is 2. The van der Waals surface area contributed by atoms with Crippen LogP contribution in [0.5, 0.6) is 0 Å². The van der Waals surface area contributed by atoms with E-state index in [-0.39, 0.29) is 18.2 Å². The van der Waals surface area contributed by atoms with Crippen molar-refractivity contribution in [1.82, 2.24) is 4.98 Å². The zero-order valence-electron chi connectivity index (χ0n) is 8.55. The summed E-state index contributed by atoms with van der Waals surface area (Å²) in [5.74, 6) is 0.0660. The van der Waals surface area contributed by atoms with Gasteiger partial charge >= 0.3 is 0 Å². The minimum atomic E-state index is 0. The lowest BCUT2D eigenvalue weighted by molar-refractivity contribution is 1.32. The van der Waals surface area contributed by atoms with Gasteiger partial charge in [-0.3, -0.25) is 10.4 Å². The summed E-state index contributed by atoms with van der Waals surface area (Å²) < 4.78 is 0. The van der Waals surface area contributed by atoms with E-state index in [4.69, 9.17) is 11.1 Å². The summed E-state index contributed by atoms with van der Waals surface area (Å²) in [5, 5.41) is 7.48. The van der Waals surface area contributed by atoms with Crippen molar-refractivity contribution in [3.63, 3.8) is 0 Å². The van der Waals surface area contributed by atoms with E-state index in [1.54, 1.807) is 6.20 Å². The highest BCUT2D eigenvalue weighted by atomic mass is 35.5. The van der Waals surface area contributed by atoms with E-state index in [1.165, 1.54) is 0 Å². The van der Waals surface area contributed by atoms with Gasteiger partial charge in [0.25, 0.3) is 0 Å². The molecule has 1 heterocycles. The number of hydrogen-bond donors (Lipinski definition) is 2. The van der Waals surface area contributed by atoms with Crippen molar-refractivity contribution in [3.8, 4) is 11.3 Å². The Morgan fingerprint density at radius 1 is 1.06 bits per heavy atom. The molecule has 4 heteroatoms. The molecule has 0 atom stereocenters. The Bertz CT molecular complexity index is 483. The highest BCUT2D eigenvalue weighted by Crippen LogP contribution is 2.20. The van der Waals surface area contributed by atoms with Crippen molar-refractivity contribution < 1.29 is 0 Å². The quantitative estimate of drug-likeness (QED) is 0.618. The maximum atomic E-state index is 7.48. The summed E-state index contributed by atoms with van der Waals surface area (Å²) in [6.45, 7) is 0. The zero-order chi connectivity index (χ0) is 10.7. The Kier molecular flexibility index (Phi) is 4.03. The number of aromatic nitrogens is 1. The van der Waals surface area contributed by atoms with Gasteiger partial charge in [0.2, 0.25) is 0 Å². The molecule has 0 spiro atoms. The van der Waals surface area contributed by atoms with Crippen molar-refractivity contribution in [2.24, 2.45) is 5.73 Å². The number of nitrogens with zero attached hydrogens (tertiary/aromatic N) is 1. The van der Waals surface area contributed by atoms with Crippen LogP contribution in [-0.2, 0) is 0 Å². The van der Waals surface area contributed by atoms with Crippen LogP contribution in [0.15, 0.2) is 48.7 Å². The van der Waals surface area contributed by atoms with Gasteiger partial charge in [-0.05, 0) is 12.1 Å². The second-order valence-corrected chi connectivity index (χ2v) is 3.17. The Labute approximate surface area is 100 Å². The number of halogens is 1. The second-order valence-electron chi connectivity index (χ2n) is 3.17. The zero-order valence-corrected chi connectivity index (χ0v) is 9.37. The number of amidine groups is 1. The van der Waals surface area contributed by atoms with Crippen LogP contribution in [0.25, 0.3) is 11.3 Å². The average molecular weight is 234 g/mol. The summed E-state index contributed by atoms with van der Waals surface area (Å²) in [4.78, 5) is 4.24. The highest BCUT2D eigenvalue weighted by molar-refractivity contribution is 6.01. The number of nitrogens with two attached hydrogens (primary N) is 1. The van der Waals surface area contributed by atoms with Crippen LogP contribution < -0.4 is 5.73 Å². The lowest BCUT2D eigenvalue weighted by atomic mass is 10.0. The molecule has 3 nitrogen and oxygen atoms in total. The van der Waals surface area contributed by atoms with E-state index < -0.39 is 0 Å². The molecule has 0 aliphatic carbocycles. The minimum Gasteiger partial charge on any atom is -0.384 e. The van der Waals surface area contributed by atoms with Crippen LogP contribution in [-0.4, -0.2) is 10.8 Å². The number of rotatable bonds is 2. The maximum Gasteiger partial charge on any atom is 0.123 e. The first-order valence-electron chi connectivity index (χ1n) is 4.64. The van der Waals surface area contributed by atoms with Gasteiger partial charge in [0.05, 0.1) is 5.69 Å². The van der Waals surface area contributed by atoms with Gasteiger partial charge in [-0.25, -0.2) is 0 Å². The molecule has 1 aromatic carbocycles. The van der Waals surface area contributed by atoms with E-state index in [0.29, 0.717) is 0 Å². The van der Waals surface area contributed by atoms with Crippen molar-refractivity contribution in [2.45, 2.75) is 0 Å². The van der Waals surface area contributed by atoms with Crippen LogP contribution in [0.2, 0.25) is 0 Å². The first-order chi connectivity index (χ1) is 7.29. The maximum absolute atomic E-state index is 7.48. The molecule has 2 rings (SSSR count). The van der Waals surface area contributed by atoms with Crippen LogP contribution in [0.3, 0.4) is 0 Å². The van der Waals surface area contributed by atoms with Crippen molar-refractivity contribution in [3.05, 3.63) is 54.2 Å². The smallest absolute Gasteiger partial charge is 0.123 e. The molecule has 0 saturated carbocycles. The molecule has 0 radical (unpaired) electrons. The minimum absolute atomic E-state index is 0. The largest absolute Gasteiger partial charge is 0.384 e. The summed E-state index contributed by atoms with van der Waals surface area (Å²) in [6.07, 6.45) is 1.73. The fourth-order valence-corrected chi connectivity index (χ4v) is 1.46. The summed E-state index contributed by atoms with van der Waals surface area (Å²) >= 11 is 0. The topological polar surface area (TPSA) is 62.8 Å². The molecule has 0 fully saturated rings. The normalized spacial score (nSPS) is 9.25. The van der Waals surface area contributed by atoms with E-state index in [2.05, 4.69) is 4.98 Å². The van der Waals surface area contributed by atoms with Gasteiger partial charge in [-0.15, -0.1) is 12.4 Å². The lowest BCUT2D eigenvalue weighted by Crippen LogP contribution is -2.12. The Balaban J connectivity index is 0.00000128. The second kappa shape index (κ2) is 5.28. The van der Waals surface area contributed by atoms with Crippen LogP contribution >= 0.6 is 12.4 Å². The molecule has 16 heavy (non-hydrogen) atoms. The van der Waals surface area contributed by atoms with Crippen molar-refractivity contribution >= 4 is 18.2 Å². The van der Waals surface area contributed by atoms with Gasteiger partial charge < -0.3 is 5.73 Å². The molecule has 1 aromatic heterocycles. The van der Waals surface area contributed by atoms with Gasteiger partial charge in [-0.2, -0.15) is 0 Å². The summed E-state index contributed by atoms with van der Waals surface area (Å²) in [7, 11) is 0. The number of nitrogen functional groups attached to an aromatic ring is 1.